The van der Waals surface area contributed by atoms with Crippen LogP contribution in [0.2, 0.25) is 0 Å². The number of hydrogen-bond acceptors (Lipinski definition) is 4. The second-order valence-corrected chi connectivity index (χ2v) is 6.94. The van der Waals surface area contributed by atoms with Gasteiger partial charge in [0, 0.05) is 18.8 Å². The van der Waals surface area contributed by atoms with E-state index in [0.717, 1.165) is 19.4 Å². The average Bonchev–Trinajstić information content (AvgIpc) is 2.99. The highest BCUT2D eigenvalue weighted by Crippen LogP contribution is 2.24. The van der Waals surface area contributed by atoms with Crippen LogP contribution in [0.5, 0.6) is 0 Å². The van der Waals surface area contributed by atoms with E-state index in [0.29, 0.717) is 18.2 Å². The number of hydrogen-bond donors (Lipinski definition) is 1. The first-order valence-electron chi connectivity index (χ1n) is 8.57. The van der Waals surface area contributed by atoms with Crippen molar-refractivity contribution in [3.05, 3.63) is 12.4 Å². The second kappa shape index (κ2) is 7.23. The maximum atomic E-state index is 12.5. The molecule has 2 heterocycles. The number of likely N-dealkylation sites (tertiary alicyclic amines) is 1. The smallest absolute Gasteiger partial charge is 0.333 e. The van der Waals surface area contributed by atoms with E-state index in [4.69, 9.17) is 4.74 Å². The van der Waals surface area contributed by atoms with Crippen LogP contribution in [0, 0.1) is 5.92 Å². The molecular formula is C17H28N4O3. The normalized spacial score (nSPS) is 21.5. The standard InChI is InChI=1S/C17H28N4O3/c1-6-24-15(22)17(4,5)21-11-14(10-18-21)19-16(23)20-9-7-8-12(2)13(20)3/h10-13H,6-9H2,1-5H3,(H,19,23)/t12-,13+/m1/s1. The minimum Gasteiger partial charge on any atom is -0.464 e. The molecule has 2 rings (SSSR count). The van der Waals surface area contributed by atoms with Crippen LogP contribution >= 0.6 is 0 Å². The van der Waals surface area contributed by atoms with Crippen LogP contribution in [0.15, 0.2) is 12.4 Å². The predicted molar refractivity (Wildman–Crippen MR) is 91.8 cm³/mol. The molecule has 0 spiro atoms. The minimum atomic E-state index is -0.925. The predicted octanol–water partition coefficient (Wildman–Crippen LogP) is 2.83. The molecule has 7 heteroatoms. The molecule has 2 atom stereocenters. The summed E-state index contributed by atoms with van der Waals surface area (Å²) >= 11 is 0. The lowest BCUT2D eigenvalue weighted by molar-refractivity contribution is -0.152. The van der Waals surface area contributed by atoms with Gasteiger partial charge in [-0.25, -0.2) is 9.59 Å². The van der Waals surface area contributed by atoms with Crippen LogP contribution in [-0.4, -0.2) is 45.9 Å². The van der Waals surface area contributed by atoms with Crippen molar-refractivity contribution in [2.75, 3.05) is 18.5 Å². The molecule has 1 aromatic rings. The summed E-state index contributed by atoms with van der Waals surface area (Å²) in [6.07, 6.45) is 5.38. The molecular weight excluding hydrogens is 308 g/mol. The number of nitrogens with zero attached hydrogens (tertiary/aromatic N) is 3. The molecule has 1 saturated heterocycles. The van der Waals surface area contributed by atoms with Gasteiger partial charge in [0.25, 0.3) is 0 Å². The van der Waals surface area contributed by atoms with Crippen molar-refractivity contribution < 1.29 is 14.3 Å². The maximum Gasteiger partial charge on any atom is 0.333 e. The van der Waals surface area contributed by atoms with Crippen LogP contribution in [0.1, 0.15) is 47.5 Å². The summed E-state index contributed by atoms with van der Waals surface area (Å²) in [5, 5.41) is 7.08. The number of urea groups is 1. The van der Waals surface area contributed by atoms with E-state index in [1.807, 2.05) is 4.90 Å². The van der Waals surface area contributed by atoms with Gasteiger partial charge in [-0.3, -0.25) is 4.68 Å². The van der Waals surface area contributed by atoms with Gasteiger partial charge in [-0.05, 0) is 46.5 Å². The third-order valence-corrected chi connectivity index (χ3v) is 4.82. The molecule has 0 unspecified atom stereocenters. The molecule has 1 fully saturated rings. The van der Waals surface area contributed by atoms with E-state index in [1.165, 1.54) is 4.68 Å². The van der Waals surface area contributed by atoms with Crippen molar-refractivity contribution in [1.29, 1.82) is 0 Å². The zero-order valence-corrected chi connectivity index (χ0v) is 15.2. The minimum absolute atomic E-state index is 0.123. The monoisotopic (exact) mass is 336 g/mol. The molecule has 2 amide bonds. The number of ether oxygens (including phenoxy) is 1. The van der Waals surface area contributed by atoms with E-state index in [2.05, 4.69) is 24.3 Å². The van der Waals surface area contributed by atoms with Gasteiger partial charge in [0.15, 0.2) is 5.54 Å². The second-order valence-electron chi connectivity index (χ2n) is 6.94. The van der Waals surface area contributed by atoms with Crippen molar-refractivity contribution in [2.45, 2.75) is 59.0 Å². The number of carbonyl (C=O) groups excluding carboxylic acids is 2. The summed E-state index contributed by atoms with van der Waals surface area (Å²) in [4.78, 5) is 26.4. The van der Waals surface area contributed by atoms with Gasteiger partial charge in [-0.1, -0.05) is 6.92 Å². The van der Waals surface area contributed by atoms with Crippen LogP contribution in [0.3, 0.4) is 0 Å². The van der Waals surface area contributed by atoms with E-state index in [-0.39, 0.29) is 18.0 Å². The Labute approximate surface area is 143 Å². The van der Waals surface area contributed by atoms with Crippen LogP contribution in [-0.2, 0) is 15.1 Å². The largest absolute Gasteiger partial charge is 0.464 e. The highest BCUT2D eigenvalue weighted by atomic mass is 16.5. The highest BCUT2D eigenvalue weighted by molar-refractivity contribution is 5.89. The third kappa shape index (κ3) is 3.71. The number of piperidine rings is 1. The number of aromatic nitrogens is 2. The Bertz CT molecular complexity index is 596. The maximum absolute atomic E-state index is 12.5. The van der Waals surface area contributed by atoms with Crippen molar-refractivity contribution in [3.63, 3.8) is 0 Å². The van der Waals surface area contributed by atoms with E-state index in [9.17, 15) is 9.59 Å². The average molecular weight is 336 g/mol. The lowest BCUT2D eigenvalue weighted by Gasteiger charge is -2.37. The molecule has 0 bridgehead atoms. The van der Waals surface area contributed by atoms with Gasteiger partial charge in [-0.2, -0.15) is 5.10 Å². The number of rotatable bonds is 4. The molecule has 0 saturated carbocycles. The molecule has 0 aromatic carbocycles. The molecule has 0 radical (unpaired) electrons. The summed E-state index contributed by atoms with van der Waals surface area (Å²) in [7, 11) is 0. The molecule has 1 aliphatic heterocycles. The molecule has 1 aromatic heterocycles. The lowest BCUT2D eigenvalue weighted by Crippen LogP contribution is -2.47. The zero-order chi connectivity index (χ0) is 17.9. The molecule has 24 heavy (non-hydrogen) atoms. The summed E-state index contributed by atoms with van der Waals surface area (Å²) in [6.45, 7) is 10.6. The number of amides is 2. The number of nitrogens with one attached hydrogen (secondary N) is 1. The van der Waals surface area contributed by atoms with Crippen molar-refractivity contribution >= 4 is 17.7 Å². The first-order valence-corrected chi connectivity index (χ1v) is 8.57. The Morgan fingerprint density at radius 1 is 1.42 bits per heavy atom. The quantitative estimate of drug-likeness (QED) is 0.858. The SMILES string of the molecule is CCOC(=O)C(C)(C)n1cc(NC(=O)N2CCC[C@@H](C)[C@@H]2C)cn1. The van der Waals surface area contributed by atoms with Gasteiger partial charge < -0.3 is 15.0 Å². The molecule has 134 valence electrons. The number of anilines is 1. The Hall–Kier alpha value is -2.05. The van der Waals surface area contributed by atoms with Gasteiger partial charge >= 0.3 is 12.0 Å². The van der Waals surface area contributed by atoms with Gasteiger partial charge in [0.2, 0.25) is 0 Å². The Morgan fingerprint density at radius 3 is 2.79 bits per heavy atom. The Kier molecular flexibility index (Phi) is 5.51. The Balaban J connectivity index is 2.05. The molecule has 1 N–H and O–H groups in total. The fourth-order valence-corrected chi connectivity index (χ4v) is 2.91. The topological polar surface area (TPSA) is 76.5 Å². The van der Waals surface area contributed by atoms with E-state index < -0.39 is 5.54 Å². The van der Waals surface area contributed by atoms with Crippen molar-refractivity contribution in [3.8, 4) is 0 Å². The summed E-state index contributed by atoms with van der Waals surface area (Å²) in [6, 6.07) is 0.0901. The van der Waals surface area contributed by atoms with Crippen molar-refractivity contribution in [2.24, 2.45) is 5.92 Å². The summed E-state index contributed by atoms with van der Waals surface area (Å²) in [5.41, 5.74) is -0.353. The van der Waals surface area contributed by atoms with Gasteiger partial charge in [0.1, 0.15) is 0 Å². The highest BCUT2D eigenvalue weighted by Gasteiger charge is 2.33. The molecule has 1 aliphatic rings. The Morgan fingerprint density at radius 2 is 2.12 bits per heavy atom. The third-order valence-electron chi connectivity index (χ3n) is 4.82. The van der Waals surface area contributed by atoms with Crippen LogP contribution in [0.25, 0.3) is 0 Å². The number of esters is 1. The molecule has 7 nitrogen and oxygen atoms in total. The van der Waals surface area contributed by atoms with Gasteiger partial charge in [-0.15, -0.1) is 0 Å². The summed E-state index contributed by atoms with van der Waals surface area (Å²) < 4.78 is 6.59. The molecule has 0 aliphatic carbocycles. The fraction of sp³-hybridized carbons (Fsp3) is 0.706. The van der Waals surface area contributed by atoms with E-state index in [1.54, 1.807) is 33.2 Å². The van der Waals surface area contributed by atoms with Gasteiger partial charge in [0.05, 0.1) is 18.5 Å². The van der Waals surface area contributed by atoms with E-state index >= 15 is 0 Å². The van der Waals surface area contributed by atoms with Crippen LogP contribution in [0.4, 0.5) is 10.5 Å². The van der Waals surface area contributed by atoms with Crippen molar-refractivity contribution in [1.82, 2.24) is 14.7 Å². The summed E-state index contributed by atoms with van der Waals surface area (Å²) in [5.74, 6) is 0.138. The zero-order valence-electron chi connectivity index (χ0n) is 15.2. The lowest BCUT2D eigenvalue weighted by atomic mass is 9.92. The first-order chi connectivity index (χ1) is 11.3. The van der Waals surface area contributed by atoms with Crippen LogP contribution < -0.4 is 5.32 Å². The number of carbonyl (C=O) groups is 2. The fourth-order valence-electron chi connectivity index (χ4n) is 2.91. The first kappa shape index (κ1) is 18.3.